The van der Waals surface area contributed by atoms with Crippen molar-refractivity contribution in [2.24, 2.45) is 5.92 Å². The maximum absolute atomic E-state index is 13.0. The van der Waals surface area contributed by atoms with E-state index in [0.29, 0.717) is 18.5 Å². The molecule has 2 aromatic heterocycles. The van der Waals surface area contributed by atoms with Crippen molar-refractivity contribution in [2.75, 3.05) is 5.73 Å². The third kappa shape index (κ3) is 3.26. The number of carbonyl (C=O) groups is 1. The van der Waals surface area contributed by atoms with Crippen LogP contribution < -0.4 is 11.1 Å². The quantitative estimate of drug-likeness (QED) is 0.778. The summed E-state index contributed by atoms with van der Waals surface area (Å²) in [5, 5.41) is 14.8. The number of nitrogens with two attached hydrogens (primary N) is 1. The highest BCUT2D eigenvalue weighted by atomic mass is 32.1. The molecule has 6 nitrogen and oxygen atoms in total. The van der Waals surface area contributed by atoms with Crippen LogP contribution in [-0.4, -0.2) is 27.1 Å². The first-order chi connectivity index (χ1) is 12.1. The van der Waals surface area contributed by atoms with Gasteiger partial charge < -0.3 is 16.2 Å². The number of amides is 1. The Bertz CT molecular complexity index is 772. The zero-order valence-corrected chi connectivity index (χ0v) is 14.8. The number of aromatic nitrogens is 2. The third-order valence-electron chi connectivity index (χ3n) is 5.17. The average Bonchev–Trinajstić information content (AvgIpc) is 3.10. The number of thiophene rings is 1. The minimum absolute atomic E-state index is 0.0914. The fraction of sp³-hybridized carbons (Fsp3) is 0.500. The lowest BCUT2D eigenvalue weighted by atomic mass is 9.76. The van der Waals surface area contributed by atoms with Crippen LogP contribution in [-0.2, 0) is 12.8 Å². The van der Waals surface area contributed by atoms with Crippen molar-refractivity contribution in [3.63, 3.8) is 0 Å². The summed E-state index contributed by atoms with van der Waals surface area (Å²) in [6.45, 7) is 0. The van der Waals surface area contributed by atoms with E-state index in [4.69, 9.17) is 5.73 Å². The largest absolute Gasteiger partial charge is 0.393 e. The average molecular weight is 358 g/mol. The molecule has 0 aromatic carbocycles. The van der Waals surface area contributed by atoms with Crippen LogP contribution in [0.25, 0.3) is 0 Å². The van der Waals surface area contributed by atoms with Gasteiger partial charge in [0.2, 0.25) is 5.95 Å². The number of nitrogens with one attached hydrogen (secondary N) is 1. The summed E-state index contributed by atoms with van der Waals surface area (Å²) in [4.78, 5) is 22.7. The smallest absolute Gasteiger partial charge is 0.270 e. The molecule has 132 valence electrons. The van der Waals surface area contributed by atoms with Gasteiger partial charge in [-0.05, 0) is 55.9 Å². The van der Waals surface area contributed by atoms with E-state index < -0.39 is 0 Å². The molecule has 0 saturated heterocycles. The van der Waals surface area contributed by atoms with Crippen molar-refractivity contribution < 1.29 is 9.90 Å². The van der Waals surface area contributed by atoms with Crippen molar-refractivity contribution >= 4 is 23.2 Å². The van der Waals surface area contributed by atoms with Gasteiger partial charge in [0.05, 0.1) is 12.1 Å². The van der Waals surface area contributed by atoms with Crippen LogP contribution in [0, 0.1) is 5.92 Å². The van der Waals surface area contributed by atoms with Gasteiger partial charge in [-0.3, -0.25) is 4.79 Å². The lowest BCUT2D eigenvalue weighted by molar-refractivity contribution is 0.0240. The standard InChI is InChI=1S/C18H22N4O2S/c19-18-20-13-5-2-1-4-12(13)16(22-18)17(24)21-15(10-8-11(23)9-10)14-6-3-7-25-14/h3,6-7,10-11,15,23H,1-2,4-5,8-9H2,(H,21,24)(H2,19,20,22). The maximum atomic E-state index is 13.0. The second kappa shape index (κ2) is 6.72. The van der Waals surface area contributed by atoms with E-state index in [1.54, 1.807) is 11.3 Å². The van der Waals surface area contributed by atoms with Gasteiger partial charge >= 0.3 is 0 Å². The molecule has 4 N–H and O–H groups in total. The van der Waals surface area contributed by atoms with Crippen LogP contribution >= 0.6 is 11.3 Å². The summed E-state index contributed by atoms with van der Waals surface area (Å²) >= 11 is 1.63. The minimum atomic E-state index is -0.258. The van der Waals surface area contributed by atoms with Gasteiger partial charge in [-0.1, -0.05) is 6.07 Å². The Kier molecular flexibility index (Phi) is 4.43. The van der Waals surface area contributed by atoms with Gasteiger partial charge in [-0.2, -0.15) is 0 Å². The summed E-state index contributed by atoms with van der Waals surface area (Å²) in [5.74, 6) is 0.234. The summed E-state index contributed by atoms with van der Waals surface area (Å²) in [7, 11) is 0. The molecule has 7 heteroatoms. The van der Waals surface area contributed by atoms with E-state index in [2.05, 4.69) is 15.3 Å². The normalized spacial score (nSPS) is 23.4. The van der Waals surface area contributed by atoms with Crippen molar-refractivity contribution in [3.8, 4) is 0 Å². The van der Waals surface area contributed by atoms with E-state index >= 15 is 0 Å². The molecular formula is C18H22N4O2S. The van der Waals surface area contributed by atoms with Crippen LogP contribution in [0.3, 0.4) is 0 Å². The van der Waals surface area contributed by atoms with E-state index in [1.165, 1.54) is 0 Å². The van der Waals surface area contributed by atoms with Gasteiger partial charge in [-0.25, -0.2) is 9.97 Å². The molecule has 2 aliphatic carbocycles. The fourth-order valence-electron chi connectivity index (χ4n) is 3.80. The Morgan fingerprint density at radius 1 is 1.32 bits per heavy atom. The number of carbonyl (C=O) groups excluding carboxylic acids is 1. The molecular weight excluding hydrogens is 336 g/mol. The van der Waals surface area contributed by atoms with Crippen molar-refractivity contribution in [2.45, 2.75) is 50.7 Å². The number of anilines is 1. The van der Waals surface area contributed by atoms with Crippen molar-refractivity contribution in [1.29, 1.82) is 0 Å². The van der Waals surface area contributed by atoms with E-state index in [0.717, 1.165) is 41.8 Å². The van der Waals surface area contributed by atoms with Crippen LogP contribution in [0.5, 0.6) is 0 Å². The number of fused-ring (bicyclic) bond motifs is 1. The van der Waals surface area contributed by atoms with Crippen LogP contribution in [0.2, 0.25) is 0 Å². The molecule has 0 radical (unpaired) electrons. The molecule has 1 fully saturated rings. The zero-order valence-electron chi connectivity index (χ0n) is 13.9. The van der Waals surface area contributed by atoms with Gasteiger partial charge in [0.1, 0.15) is 5.69 Å². The summed E-state index contributed by atoms with van der Waals surface area (Å²) in [6, 6.07) is 3.93. The fourth-order valence-corrected chi connectivity index (χ4v) is 4.67. The Morgan fingerprint density at radius 3 is 2.84 bits per heavy atom. The number of nitrogens with zero attached hydrogens (tertiary/aromatic N) is 2. The molecule has 2 aliphatic rings. The van der Waals surface area contributed by atoms with Crippen molar-refractivity contribution in [3.05, 3.63) is 39.3 Å². The number of aliphatic hydroxyl groups excluding tert-OH is 1. The molecule has 25 heavy (non-hydrogen) atoms. The maximum Gasteiger partial charge on any atom is 0.270 e. The highest BCUT2D eigenvalue weighted by Crippen LogP contribution is 2.39. The van der Waals surface area contributed by atoms with E-state index in [-0.39, 0.29) is 29.9 Å². The molecule has 0 spiro atoms. The molecule has 1 saturated carbocycles. The second-order valence-electron chi connectivity index (χ2n) is 6.91. The van der Waals surface area contributed by atoms with Gasteiger partial charge in [0, 0.05) is 16.1 Å². The molecule has 0 bridgehead atoms. The van der Waals surface area contributed by atoms with Gasteiger partial charge in [0.15, 0.2) is 0 Å². The lowest BCUT2D eigenvalue weighted by Gasteiger charge is -2.37. The first kappa shape index (κ1) is 16.5. The van der Waals surface area contributed by atoms with Crippen LogP contribution in [0.1, 0.15) is 58.3 Å². The molecule has 1 unspecified atom stereocenters. The monoisotopic (exact) mass is 358 g/mol. The van der Waals surface area contributed by atoms with Gasteiger partial charge in [-0.15, -0.1) is 11.3 Å². The van der Waals surface area contributed by atoms with E-state index in [1.807, 2.05) is 17.5 Å². The number of hydrogen-bond donors (Lipinski definition) is 3. The Balaban J connectivity index is 1.61. The number of hydrogen-bond acceptors (Lipinski definition) is 6. The Morgan fingerprint density at radius 2 is 2.12 bits per heavy atom. The Hall–Kier alpha value is -1.99. The summed E-state index contributed by atoms with van der Waals surface area (Å²) in [5.41, 5.74) is 8.10. The van der Waals surface area contributed by atoms with Gasteiger partial charge in [0.25, 0.3) is 5.91 Å². The van der Waals surface area contributed by atoms with E-state index in [9.17, 15) is 9.90 Å². The highest BCUT2D eigenvalue weighted by molar-refractivity contribution is 7.10. The lowest BCUT2D eigenvalue weighted by Crippen LogP contribution is -2.41. The first-order valence-electron chi connectivity index (χ1n) is 8.79. The number of nitrogen functional groups attached to an aromatic ring is 1. The SMILES string of the molecule is Nc1nc2c(c(C(=O)NC(c3cccs3)C3CC(O)C3)n1)CCCC2. The second-order valence-corrected chi connectivity index (χ2v) is 7.89. The molecule has 2 aromatic rings. The number of rotatable bonds is 4. The zero-order chi connectivity index (χ0) is 17.4. The highest BCUT2D eigenvalue weighted by Gasteiger charge is 2.37. The molecule has 4 rings (SSSR count). The molecule has 1 amide bonds. The molecule has 2 heterocycles. The molecule has 0 aliphatic heterocycles. The van der Waals surface area contributed by atoms with Crippen molar-refractivity contribution in [1.82, 2.24) is 15.3 Å². The predicted molar refractivity (Wildman–Crippen MR) is 96.3 cm³/mol. The molecule has 1 atom stereocenters. The summed E-state index contributed by atoms with van der Waals surface area (Å²) < 4.78 is 0. The van der Waals surface area contributed by atoms with Crippen LogP contribution in [0.15, 0.2) is 17.5 Å². The topological polar surface area (TPSA) is 101 Å². The first-order valence-corrected chi connectivity index (χ1v) is 9.67. The Labute approximate surface area is 150 Å². The number of aryl methyl sites for hydroxylation is 1. The number of aliphatic hydroxyl groups is 1. The predicted octanol–water partition coefficient (Wildman–Crippen LogP) is 2.24. The summed E-state index contributed by atoms with van der Waals surface area (Å²) in [6.07, 6.45) is 4.97. The third-order valence-corrected chi connectivity index (χ3v) is 6.13. The minimum Gasteiger partial charge on any atom is -0.393 e. The van der Waals surface area contributed by atoms with Crippen LogP contribution in [0.4, 0.5) is 5.95 Å².